The minimum Gasteiger partial charge on any atom is -0.348 e. The first-order valence-electron chi connectivity index (χ1n) is 9.59. The van der Waals surface area contributed by atoms with Crippen molar-refractivity contribution in [3.05, 3.63) is 46.7 Å². The third-order valence-corrected chi connectivity index (χ3v) is 5.22. The molecular formula is C20H24ClF3N4O. The van der Waals surface area contributed by atoms with E-state index in [0.717, 1.165) is 25.7 Å². The number of nitrogens with one attached hydrogen (secondary N) is 1. The maximum Gasteiger partial charge on any atom is 0.434 e. The molecule has 0 bridgehead atoms. The molecule has 29 heavy (non-hydrogen) atoms. The number of piperidine rings is 1. The van der Waals surface area contributed by atoms with Gasteiger partial charge in [-0.05, 0) is 50.4 Å². The lowest BCUT2D eigenvalue weighted by atomic mass is 10.00. The summed E-state index contributed by atoms with van der Waals surface area (Å²) in [6.07, 6.45) is -1.53. The largest absolute Gasteiger partial charge is 0.434 e. The van der Waals surface area contributed by atoms with E-state index in [-0.39, 0.29) is 16.8 Å². The standard InChI is InChI=1S/C20H24ClF3N4O/c1-13-5-4-8-27(11-13)12-14(2)26-19(29)17-10-25-28(18(17)20(22,23)24)16-7-3-6-15(21)9-16/h3,6-7,9-10,13-14H,4-5,8,11-12H2,1-2H3,(H,26,29). The molecule has 1 aliphatic rings. The Morgan fingerprint density at radius 3 is 2.83 bits per heavy atom. The van der Waals surface area contributed by atoms with Crippen molar-refractivity contribution in [2.24, 2.45) is 5.92 Å². The number of aromatic nitrogens is 2. The molecule has 1 N–H and O–H groups in total. The van der Waals surface area contributed by atoms with E-state index in [1.54, 1.807) is 13.0 Å². The molecule has 3 rings (SSSR count). The number of nitrogens with zero attached hydrogens (tertiary/aromatic N) is 3. The predicted octanol–water partition coefficient (Wildman–Crippen LogP) is 4.39. The normalized spacial score (nSPS) is 19.2. The summed E-state index contributed by atoms with van der Waals surface area (Å²) in [5.74, 6) is -0.206. The Hall–Kier alpha value is -2.06. The van der Waals surface area contributed by atoms with Gasteiger partial charge < -0.3 is 10.2 Å². The van der Waals surface area contributed by atoms with Gasteiger partial charge in [0.2, 0.25) is 0 Å². The van der Waals surface area contributed by atoms with Gasteiger partial charge in [-0.1, -0.05) is 24.6 Å². The smallest absolute Gasteiger partial charge is 0.348 e. The minimum absolute atomic E-state index is 0.138. The summed E-state index contributed by atoms with van der Waals surface area (Å²) in [5.41, 5.74) is -1.48. The molecule has 5 nitrogen and oxygen atoms in total. The van der Waals surface area contributed by atoms with Crippen molar-refractivity contribution in [1.82, 2.24) is 20.0 Å². The van der Waals surface area contributed by atoms with E-state index >= 15 is 0 Å². The van der Waals surface area contributed by atoms with Crippen LogP contribution in [0.1, 0.15) is 42.7 Å². The molecule has 0 aliphatic carbocycles. The van der Waals surface area contributed by atoms with Gasteiger partial charge in [0.25, 0.3) is 5.91 Å². The quantitative estimate of drug-likeness (QED) is 0.768. The van der Waals surface area contributed by atoms with E-state index in [0.29, 0.717) is 17.1 Å². The molecule has 2 unspecified atom stereocenters. The highest BCUT2D eigenvalue weighted by atomic mass is 35.5. The first kappa shape index (κ1) is 21.6. The molecule has 1 saturated heterocycles. The first-order valence-corrected chi connectivity index (χ1v) is 9.97. The van der Waals surface area contributed by atoms with Gasteiger partial charge in [0.15, 0.2) is 5.69 Å². The summed E-state index contributed by atoms with van der Waals surface area (Å²) in [5, 5.41) is 6.78. The summed E-state index contributed by atoms with van der Waals surface area (Å²) in [6.45, 7) is 6.44. The maximum atomic E-state index is 13.8. The maximum absolute atomic E-state index is 13.8. The number of hydrogen-bond acceptors (Lipinski definition) is 3. The van der Waals surface area contributed by atoms with Crippen molar-refractivity contribution in [1.29, 1.82) is 0 Å². The molecule has 0 radical (unpaired) electrons. The molecule has 9 heteroatoms. The van der Waals surface area contributed by atoms with Crippen LogP contribution in [0.25, 0.3) is 5.69 Å². The third kappa shape index (κ3) is 5.30. The number of likely N-dealkylation sites (tertiary alicyclic amines) is 1. The summed E-state index contributed by atoms with van der Waals surface area (Å²) in [4.78, 5) is 14.9. The van der Waals surface area contributed by atoms with Crippen molar-refractivity contribution in [3.8, 4) is 5.69 Å². The number of amides is 1. The number of alkyl halides is 3. The number of carbonyl (C=O) groups is 1. The number of benzene rings is 1. The molecule has 0 saturated carbocycles. The molecule has 1 fully saturated rings. The highest BCUT2D eigenvalue weighted by Crippen LogP contribution is 2.34. The van der Waals surface area contributed by atoms with Crippen molar-refractivity contribution in [2.75, 3.05) is 19.6 Å². The van der Waals surface area contributed by atoms with Crippen LogP contribution in [-0.4, -0.2) is 46.3 Å². The van der Waals surface area contributed by atoms with Crippen molar-refractivity contribution in [2.45, 2.75) is 38.9 Å². The molecule has 2 aromatic rings. The number of rotatable bonds is 5. The number of halogens is 4. The van der Waals surface area contributed by atoms with Gasteiger partial charge in [0.05, 0.1) is 17.4 Å². The zero-order chi connectivity index (χ0) is 21.2. The van der Waals surface area contributed by atoms with Crippen LogP contribution in [0.5, 0.6) is 0 Å². The number of hydrogen-bond donors (Lipinski definition) is 1. The predicted molar refractivity (Wildman–Crippen MR) is 105 cm³/mol. The average molecular weight is 429 g/mol. The topological polar surface area (TPSA) is 50.2 Å². The molecule has 1 aromatic heterocycles. The Morgan fingerprint density at radius 1 is 1.41 bits per heavy atom. The lowest BCUT2D eigenvalue weighted by Crippen LogP contribution is -2.45. The lowest BCUT2D eigenvalue weighted by molar-refractivity contribution is -0.143. The van der Waals surface area contributed by atoms with Crippen LogP contribution >= 0.6 is 11.6 Å². The molecule has 158 valence electrons. The summed E-state index contributed by atoms with van der Waals surface area (Å²) >= 11 is 5.90. The molecule has 2 heterocycles. The fourth-order valence-corrected chi connectivity index (χ4v) is 3.96. The zero-order valence-electron chi connectivity index (χ0n) is 16.3. The van der Waals surface area contributed by atoms with Gasteiger partial charge in [-0.25, -0.2) is 4.68 Å². The molecule has 0 spiro atoms. The van der Waals surface area contributed by atoms with Crippen LogP contribution in [0.2, 0.25) is 5.02 Å². The second kappa shape index (κ2) is 8.75. The third-order valence-electron chi connectivity index (χ3n) is 4.99. The minimum atomic E-state index is -4.75. The average Bonchev–Trinajstić information content (AvgIpc) is 3.07. The van der Waals surface area contributed by atoms with E-state index in [2.05, 4.69) is 22.2 Å². The van der Waals surface area contributed by atoms with Gasteiger partial charge in [-0.15, -0.1) is 0 Å². The van der Waals surface area contributed by atoms with Crippen molar-refractivity contribution < 1.29 is 18.0 Å². The van der Waals surface area contributed by atoms with E-state index in [1.807, 2.05) is 0 Å². The van der Waals surface area contributed by atoms with Gasteiger partial charge in [-0.3, -0.25) is 4.79 Å². The van der Waals surface area contributed by atoms with Gasteiger partial charge in [-0.2, -0.15) is 18.3 Å². The van der Waals surface area contributed by atoms with Crippen LogP contribution in [0, 0.1) is 5.92 Å². The number of carbonyl (C=O) groups excluding carboxylic acids is 1. The van der Waals surface area contributed by atoms with E-state index in [4.69, 9.17) is 11.6 Å². The summed E-state index contributed by atoms with van der Waals surface area (Å²) in [6, 6.07) is 5.62. The molecule has 1 aliphatic heterocycles. The van der Waals surface area contributed by atoms with Gasteiger partial charge in [0, 0.05) is 24.2 Å². The molecular weight excluding hydrogens is 405 g/mol. The van der Waals surface area contributed by atoms with Crippen molar-refractivity contribution in [3.63, 3.8) is 0 Å². The molecule has 2 atom stereocenters. The fourth-order valence-electron chi connectivity index (χ4n) is 3.78. The van der Waals surface area contributed by atoms with E-state index < -0.39 is 23.3 Å². The first-order chi connectivity index (χ1) is 13.6. The molecule has 1 aromatic carbocycles. The second-order valence-corrected chi connectivity index (χ2v) is 8.11. The highest BCUT2D eigenvalue weighted by Gasteiger charge is 2.40. The Bertz CT molecular complexity index is 868. The Labute approximate surface area is 172 Å². The van der Waals surface area contributed by atoms with Crippen LogP contribution in [0.15, 0.2) is 30.5 Å². The summed E-state index contributed by atoms with van der Waals surface area (Å²) in [7, 11) is 0. The SMILES string of the molecule is CC1CCCN(CC(C)NC(=O)c2cnn(-c3cccc(Cl)c3)c2C(F)(F)F)C1. The second-order valence-electron chi connectivity index (χ2n) is 7.68. The highest BCUT2D eigenvalue weighted by molar-refractivity contribution is 6.30. The van der Waals surface area contributed by atoms with Gasteiger partial charge in [0.1, 0.15) is 0 Å². The van der Waals surface area contributed by atoms with Crippen LogP contribution in [0.4, 0.5) is 13.2 Å². The lowest BCUT2D eigenvalue weighted by Gasteiger charge is -2.32. The van der Waals surface area contributed by atoms with Crippen LogP contribution < -0.4 is 5.32 Å². The van der Waals surface area contributed by atoms with E-state index in [1.165, 1.54) is 24.6 Å². The van der Waals surface area contributed by atoms with E-state index in [9.17, 15) is 18.0 Å². The monoisotopic (exact) mass is 428 g/mol. The summed E-state index contributed by atoms with van der Waals surface area (Å²) < 4.78 is 42.0. The Balaban J connectivity index is 1.80. The van der Waals surface area contributed by atoms with Crippen molar-refractivity contribution >= 4 is 17.5 Å². The zero-order valence-corrected chi connectivity index (χ0v) is 17.1. The Kier molecular flexibility index (Phi) is 6.53. The Morgan fingerprint density at radius 2 is 2.17 bits per heavy atom. The van der Waals surface area contributed by atoms with Crippen LogP contribution in [-0.2, 0) is 6.18 Å². The fraction of sp³-hybridized carbons (Fsp3) is 0.500. The van der Waals surface area contributed by atoms with Crippen LogP contribution in [0.3, 0.4) is 0 Å². The molecule has 1 amide bonds. The van der Waals surface area contributed by atoms with Gasteiger partial charge >= 0.3 is 6.18 Å².